The number of carbonyl (C=O) groups is 2. The molecule has 19 heavy (non-hydrogen) atoms. The molecule has 0 fully saturated rings. The summed E-state index contributed by atoms with van der Waals surface area (Å²) in [5.74, 6) is -1.42. The highest BCUT2D eigenvalue weighted by Gasteiger charge is 2.24. The van der Waals surface area contributed by atoms with Gasteiger partial charge < -0.3 is 15.0 Å². The summed E-state index contributed by atoms with van der Waals surface area (Å²) in [6.07, 6.45) is 0.354. The van der Waals surface area contributed by atoms with Crippen LogP contribution in [0.3, 0.4) is 0 Å². The number of nitrogens with zero attached hydrogens (tertiary/aromatic N) is 1. The fourth-order valence-electron chi connectivity index (χ4n) is 1.69. The lowest BCUT2D eigenvalue weighted by atomic mass is 10.0. The van der Waals surface area contributed by atoms with E-state index >= 15 is 0 Å². The molecule has 0 aliphatic rings. The monoisotopic (exact) mass is 306 g/mol. The van der Waals surface area contributed by atoms with E-state index in [2.05, 4.69) is 5.32 Å². The van der Waals surface area contributed by atoms with Crippen LogP contribution in [0, 0.1) is 5.92 Å². The average Bonchev–Trinajstić information content (AvgIpc) is 2.55. The van der Waals surface area contributed by atoms with Gasteiger partial charge in [0, 0.05) is 7.05 Å². The number of nitrogens with one attached hydrogen (secondary N) is 1. The summed E-state index contributed by atoms with van der Waals surface area (Å²) in [5, 5.41) is 12.0. The summed E-state index contributed by atoms with van der Waals surface area (Å²) < 4.78 is 1.41. The maximum atomic E-state index is 12.0. The van der Waals surface area contributed by atoms with Crippen LogP contribution in [0.4, 0.5) is 0 Å². The van der Waals surface area contributed by atoms with E-state index in [1.165, 1.54) is 10.6 Å². The first-order valence-corrected chi connectivity index (χ1v) is 6.54. The SMILES string of the molecule is CC(C)CC(NC(=O)c1cc(Cl)c(Cl)n1C)C(=O)O. The van der Waals surface area contributed by atoms with E-state index in [-0.39, 0.29) is 21.8 Å². The van der Waals surface area contributed by atoms with Crippen LogP contribution in [0.2, 0.25) is 10.2 Å². The number of carboxylic acid groups (broad SMARTS) is 1. The van der Waals surface area contributed by atoms with Gasteiger partial charge in [0.05, 0.1) is 5.02 Å². The molecule has 7 heteroatoms. The highest BCUT2D eigenvalue weighted by atomic mass is 35.5. The van der Waals surface area contributed by atoms with E-state index in [9.17, 15) is 9.59 Å². The zero-order valence-corrected chi connectivity index (χ0v) is 12.4. The van der Waals surface area contributed by atoms with Crippen LogP contribution >= 0.6 is 23.2 Å². The van der Waals surface area contributed by atoms with Crippen LogP contribution in [-0.4, -0.2) is 27.6 Å². The lowest BCUT2D eigenvalue weighted by molar-refractivity contribution is -0.139. The molecule has 1 unspecified atom stereocenters. The molecule has 0 aromatic carbocycles. The van der Waals surface area contributed by atoms with Gasteiger partial charge in [-0.2, -0.15) is 0 Å². The quantitative estimate of drug-likeness (QED) is 0.878. The van der Waals surface area contributed by atoms with Crippen molar-refractivity contribution in [1.29, 1.82) is 0 Å². The number of rotatable bonds is 5. The van der Waals surface area contributed by atoms with E-state index in [1.54, 1.807) is 7.05 Å². The summed E-state index contributed by atoms with van der Waals surface area (Å²) in [5.41, 5.74) is 0.227. The van der Waals surface area contributed by atoms with Crippen molar-refractivity contribution in [2.24, 2.45) is 13.0 Å². The molecule has 1 aromatic rings. The number of carbonyl (C=O) groups excluding carboxylic acids is 1. The molecule has 1 atom stereocenters. The molecule has 1 amide bonds. The Kier molecular flexibility index (Phi) is 5.26. The number of carboxylic acids is 1. The number of amides is 1. The molecule has 0 saturated heterocycles. The predicted molar refractivity (Wildman–Crippen MR) is 73.8 cm³/mol. The lowest BCUT2D eigenvalue weighted by Gasteiger charge is -2.16. The van der Waals surface area contributed by atoms with Crippen molar-refractivity contribution < 1.29 is 14.7 Å². The van der Waals surface area contributed by atoms with Crippen LogP contribution in [0.5, 0.6) is 0 Å². The molecule has 0 bridgehead atoms. The number of hydrogen-bond acceptors (Lipinski definition) is 2. The zero-order valence-electron chi connectivity index (χ0n) is 10.9. The Labute approximate surface area is 121 Å². The molecular formula is C12H16Cl2N2O3. The van der Waals surface area contributed by atoms with Gasteiger partial charge in [0.25, 0.3) is 5.91 Å². The van der Waals surface area contributed by atoms with Gasteiger partial charge in [0.15, 0.2) is 0 Å². The van der Waals surface area contributed by atoms with Gasteiger partial charge in [-0.15, -0.1) is 0 Å². The topological polar surface area (TPSA) is 71.3 Å². The molecule has 1 aromatic heterocycles. The van der Waals surface area contributed by atoms with Crippen molar-refractivity contribution in [3.8, 4) is 0 Å². The summed E-state index contributed by atoms with van der Waals surface area (Å²) >= 11 is 11.7. The summed E-state index contributed by atoms with van der Waals surface area (Å²) in [7, 11) is 1.58. The van der Waals surface area contributed by atoms with Crippen molar-refractivity contribution in [1.82, 2.24) is 9.88 Å². The fourth-order valence-corrected chi connectivity index (χ4v) is 2.06. The van der Waals surface area contributed by atoms with Gasteiger partial charge in [-0.25, -0.2) is 4.79 Å². The first-order valence-electron chi connectivity index (χ1n) is 5.78. The maximum absolute atomic E-state index is 12.0. The molecule has 1 heterocycles. The Morgan fingerprint density at radius 1 is 1.42 bits per heavy atom. The molecule has 2 N–H and O–H groups in total. The van der Waals surface area contributed by atoms with Gasteiger partial charge >= 0.3 is 5.97 Å². The molecule has 106 valence electrons. The molecule has 0 radical (unpaired) electrons. The summed E-state index contributed by atoms with van der Waals surface area (Å²) in [4.78, 5) is 23.1. The Bertz CT molecular complexity index is 497. The zero-order chi connectivity index (χ0) is 14.7. The minimum atomic E-state index is -1.06. The van der Waals surface area contributed by atoms with Crippen molar-refractivity contribution in [2.45, 2.75) is 26.3 Å². The largest absolute Gasteiger partial charge is 0.480 e. The molecule has 0 aliphatic heterocycles. The van der Waals surface area contributed by atoms with Crippen molar-refractivity contribution in [2.75, 3.05) is 0 Å². The van der Waals surface area contributed by atoms with Crippen LogP contribution < -0.4 is 5.32 Å². The maximum Gasteiger partial charge on any atom is 0.326 e. The third-order valence-electron chi connectivity index (χ3n) is 2.66. The number of halogens is 2. The van der Waals surface area contributed by atoms with Crippen molar-refractivity contribution >= 4 is 35.1 Å². The fraction of sp³-hybridized carbons (Fsp3) is 0.500. The third kappa shape index (κ3) is 3.88. The Morgan fingerprint density at radius 2 is 2.00 bits per heavy atom. The van der Waals surface area contributed by atoms with Gasteiger partial charge in [-0.1, -0.05) is 37.0 Å². The Hall–Kier alpha value is -1.20. The van der Waals surface area contributed by atoms with E-state index in [0.29, 0.717) is 6.42 Å². The van der Waals surface area contributed by atoms with Gasteiger partial charge in [0.1, 0.15) is 16.9 Å². The number of aliphatic carboxylic acids is 1. The van der Waals surface area contributed by atoms with E-state index in [0.717, 1.165) is 0 Å². The first-order chi connectivity index (χ1) is 8.73. The molecular weight excluding hydrogens is 291 g/mol. The number of hydrogen-bond donors (Lipinski definition) is 2. The lowest BCUT2D eigenvalue weighted by Crippen LogP contribution is -2.42. The highest BCUT2D eigenvalue weighted by molar-refractivity contribution is 6.41. The molecule has 5 nitrogen and oxygen atoms in total. The smallest absolute Gasteiger partial charge is 0.326 e. The van der Waals surface area contributed by atoms with E-state index < -0.39 is 17.9 Å². The second-order valence-corrected chi connectivity index (χ2v) is 5.49. The van der Waals surface area contributed by atoms with Gasteiger partial charge in [-0.05, 0) is 18.4 Å². The number of aromatic nitrogens is 1. The van der Waals surface area contributed by atoms with E-state index in [1.807, 2.05) is 13.8 Å². The standard InChI is InChI=1S/C12H16Cl2N2O3/c1-6(2)4-8(12(18)19)15-11(17)9-5-7(13)10(14)16(9)3/h5-6,8H,4H2,1-3H3,(H,15,17)(H,18,19). The second kappa shape index (κ2) is 6.30. The van der Waals surface area contributed by atoms with Crippen LogP contribution in [0.25, 0.3) is 0 Å². The average molecular weight is 307 g/mol. The predicted octanol–water partition coefficient (Wildman–Crippen LogP) is 2.56. The van der Waals surface area contributed by atoms with E-state index in [4.69, 9.17) is 28.3 Å². The summed E-state index contributed by atoms with van der Waals surface area (Å²) in [6, 6.07) is 0.480. The van der Waals surface area contributed by atoms with Crippen molar-refractivity contribution in [3.05, 3.63) is 21.9 Å². The highest BCUT2D eigenvalue weighted by Crippen LogP contribution is 2.25. The molecule has 0 saturated carbocycles. The molecule has 0 aliphatic carbocycles. The van der Waals surface area contributed by atoms with Crippen LogP contribution in [0.1, 0.15) is 30.8 Å². The molecule has 1 rings (SSSR count). The minimum absolute atomic E-state index is 0.155. The first kappa shape index (κ1) is 15.9. The second-order valence-electron chi connectivity index (χ2n) is 4.72. The van der Waals surface area contributed by atoms with Crippen LogP contribution in [0.15, 0.2) is 6.07 Å². The third-order valence-corrected chi connectivity index (χ3v) is 3.50. The Morgan fingerprint density at radius 3 is 2.37 bits per heavy atom. The van der Waals surface area contributed by atoms with Gasteiger partial charge in [-0.3, -0.25) is 4.79 Å². The Balaban J connectivity index is 2.88. The minimum Gasteiger partial charge on any atom is -0.480 e. The summed E-state index contributed by atoms with van der Waals surface area (Å²) in [6.45, 7) is 3.77. The van der Waals surface area contributed by atoms with Gasteiger partial charge in [0.2, 0.25) is 0 Å². The molecule has 0 spiro atoms. The van der Waals surface area contributed by atoms with Crippen LogP contribution in [-0.2, 0) is 11.8 Å². The van der Waals surface area contributed by atoms with Crippen molar-refractivity contribution in [3.63, 3.8) is 0 Å². The normalized spacial score (nSPS) is 12.5.